The molecule has 0 radical (unpaired) electrons. The third-order valence-electron chi connectivity index (χ3n) is 3.64. The highest BCUT2D eigenvalue weighted by Gasteiger charge is 2.24. The molecule has 0 saturated carbocycles. The molecule has 1 unspecified atom stereocenters. The van der Waals surface area contributed by atoms with Gasteiger partial charge in [0.2, 0.25) is 0 Å². The average Bonchev–Trinajstić information content (AvgIpc) is 3.23. The lowest BCUT2D eigenvalue weighted by atomic mass is 10.2. The highest BCUT2D eigenvalue weighted by Crippen LogP contribution is 2.13. The number of carbonyl (C=O) groups is 2. The number of hydrogen-bond acceptors (Lipinski definition) is 5. The molecule has 1 aliphatic heterocycles. The third-order valence-corrected chi connectivity index (χ3v) is 3.64. The minimum Gasteiger partial charge on any atom is -0.368 e. The maximum absolute atomic E-state index is 12.2. The molecule has 3 rings (SSSR count). The molecule has 2 aromatic heterocycles. The fraction of sp³-hybridized carbons (Fsp3) is 0.333. The van der Waals surface area contributed by atoms with Crippen LogP contribution in [0.1, 0.15) is 28.9 Å². The molecule has 2 aromatic rings. The van der Waals surface area contributed by atoms with Crippen LogP contribution in [0.2, 0.25) is 0 Å². The fourth-order valence-corrected chi connectivity index (χ4v) is 2.39. The van der Waals surface area contributed by atoms with Gasteiger partial charge in [0.05, 0.1) is 17.5 Å². The number of nitrogens with one attached hydrogen (secondary N) is 2. The molecule has 8 heteroatoms. The molecule has 0 bridgehead atoms. The molecule has 2 amide bonds. The normalized spacial score (nSPS) is 17.0. The van der Waals surface area contributed by atoms with Gasteiger partial charge < -0.3 is 4.74 Å². The Bertz CT molecular complexity index is 707. The summed E-state index contributed by atoms with van der Waals surface area (Å²) in [5.74, 6) is -0.158. The molecule has 120 valence electrons. The van der Waals surface area contributed by atoms with Gasteiger partial charge in [-0.3, -0.25) is 20.4 Å². The van der Waals surface area contributed by atoms with E-state index in [0.717, 1.165) is 6.42 Å². The van der Waals surface area contributed by atoms with Crippen molar-refractivity contribution in [2.24, 2.45) is 0 Å². The molecular formula is C15H17N5O3. The van der Waals surface area contributed by atoms with Crippen molar-refractivity contribution in [2.45, 2.75) is 25.9 Å². The van der Waals surface area contributed by atoms with E-state index in [9.17, 15) is 9.59 Å². The van der Waals surface area contributed by atoms with Crippen molar-refractivity contribution in [3.05, 3.63) is 41.9 Å². The van der Waals surface area contributed by atoms with E-state index in [0.29, 0.717) is 30.1 Å². The third kappa shape index (κ3) is 3.21. The van der Waals surface area contributed by atoms with E-state index in [1.54, 1.807) is 29.9 Å². The summed E-state index contributed by atoms with van der Waals surface area (Å²) in [6.07, 6.45) is 4.11. The standard InChI is InChI=1S/C15H17N5O3/c1-10-11(9-17-20(10)13-6-2-3-7-16-13)14(21)18-19-15(22)12-5-4-8-23-12/h2-3,6-7,9,12H,4-5,8H2,1H3,(H,18,21)(H,19,22). The molecular weight excluding hydrogens is 298 g/mol. The lowest BCUT2D eigenvalue weighted by Crippen LogP contribution is -2.46. The Hall–Kier alpha value is -2.74. The molecule has 0 aliphatic carbocycles. The highest BCUT2D eigenvalue weighted by atomic mass is 16.5. The van der Waals surface area contributed by atoms with Gasteiger partial charge >= 0.3 is 0 Å². The predicted molar refractivity (Wildman–Crippen MR) is 80.7 cm³/mol. The second-order valence-corrected chi connectivity index (χ2v) is 5.19. The number of pyridine rings is 1. The smallest absolute Gasteiger partial charge is 0.273 e. The van der Waals surface area contributed by atoms with Crippen LogP contribution in [0.15, 0.2) is 30.6 Å². The van der Waals surface area contributed by atoms with Crippen molar-refractivity contribution in [3.63, 3.8) is 0 Å². The van der Waals surface area contributed by atoms with Gasteiger partial charge in [-0.05, 0) is 31.9 Å². The molecule has 3 heterocycles. The molecule has 1 saturated heterocycles. The van der Waals surface area contributed by atoms with Crippen LogP contribution in [0.25, 0.3) is 5.82 Å². The quantitative estimate of drug-likeness (QED) is 0.805. The summed E-state index contributed by atoms with van der Waals surface area (Å²) in [7, 11) is 0. The number of nitrogens with zero attached hydrogens (tertiary/aromatic N) is 3. The zero-order valence-electron chi connectivity index (χ0n) is 12.7. The van der Waals surface area contributed by atoms with Gasteiger partial charge in [0.25, 0.3) is 11.8 Å². The molecule has 1 atom stereocenters. The first-order valence-corrected chi connectivity index (χ1v) is 7.34. The van der Waals surface area contributed by atoms with Crippen LogP contribution in [0.4, 0.5) is 0 Å². The zero-order chi connectivity index (χ0) is 16.2. The van der Waals surface area contributed by atoms with E-state index in [2.05, 4.69) is 20.9 Å². The van der Waals surface area contributed by atoms with Crippen molar-refractivity contribution in [2.75, 3.05) is 6.61 Å². The monoisotopic (exact) mass is 315 g/mol. The fourth-order valence-electron chi connectivity index (χ4n) is 2.39. The maximum atomic E-state index is 12.2. The van der Waals surface area contributed by atoms with Gasteiger partial charge in [-0.1, -0.05) is 6.07 Å². The second kappa shape index (κ2) is 6.57. The number of aromatic nitrogens is 3. The van der Waals surface area contributed by atoms with Crippen LogP contribution in [0.5, 0.6) is 0 Å². The van der Waals surface area contributed by atoms with Crippen molar-refractivity contribution in [1.82, 2.24) is 25.6 Å². The van der Waals surface area contributed by atoms with E-state index in [1.807, 2.05) is 6.07 Å². The zero-order valence-corrected chi connectivity index (χ0v) is 12.7. The molecule has 2 N–H and O–H groups in total. The maximum Gasteiger partial charge on any atom is 0.273 e. The van der Waals surface area contributed by atoms with E-state index < -0.39 is 12.0 Å². The Kier molecular flexibility index (Phi) is 4.33. The lowest BCUT2D eigenvalue weighted by Gasteiger charge is -2.11. The van der Waals surface area contributed by atoms with Crippen LogP contribution < -0.4 is 10.9 Å². The molecule has 23 heavy (non-hydrogen) atoms. The van der Waals surface area contributed by atoms with E-state index in [4.69, 9.17) is 4.74 Å². The number of hydrogen-bond donors (Lipinski definition) is 2. The molecule has 0 spiro atoms. The van der Waals surface area contributed by atoms with Crippen LogP contribution in [0, 0.1) is 6.92 Å². The summed E-state index contributed by atoms with van der Waals surface area (Å²) in [6, 6.07) is 5.43. The van der Waals surface area contributed by atoms with Gasteiger partial charge in [-0.25, -0.2) is 9.67 Å². The van der Waals surface area contributed by atoms with Crippen molar-refractivity contribution in [1.29, 1.82) is 0 Å². The second-order valence-electron chi connectivity index (χ2n) is 5.19. The first-order valence-electron chi connectivity index (χ1n) is 7.34. The number of amides is 2. The summed E-state index contributed by atoms with van der Waals surface area (Å²) in [6.45, 7) is 2.33. The summed E-state index contributed by atoms with van der Waals surface area (Å²) < 4.78 is 6.82. The Labute approximate surface area is 132 Å². The van der Waals surface area contributed by atoms with Gasteiger partial charge in [0, 0.05) is 12.8 Å². The molecule has 0 aromatic carbocycles. The Morgan fingerprint density at radius 3 is 2.91 bits per heavy atom. The predicted octanol–water partition coefficient (Wildman–Crippen LogP) is 0.516. The summed E-state index contributed by atoms with van der Waals surface area (Å²) in [5, 5.41) is 4.17. The summed E-state index contributed by atoms with van der Waals surface area (Å²) in [5.41, 5.74) is 5.77. The SMILES string of the molecule is Cc1c(C(=O)NNC(=O)C2CCCO2)cnn1-c1ccccn1. The van der Waals surface area contributed by atoms with Crippen LogP contribution in [-0.4, -0.2) is 39.3 Å². The van der Waals surface area contributed by atoms with Gasteiger partial charge in [-0.15, -0.1) is 0 Å². The van der Waals surface area contributed by atoms with Gasteiger partial charge in [0.15, 0.2) is 5.82 Å². The van der Waals surface area contributed by atoms with Crippen LogP contribution in [0.3, 0.4) is 0 Å². The topological polar surface area (TPSA) is 98.1 Å². The largest absolute Gasteiger partial charge is 0.368 e. The lowest BCUT2D eigenvalue weighted by molar-refractivity contribution is -0.130. The Balaban J connectivity index is 1.66. The molecule has 1 fully saturated rings. The van der Waals surface area contributed by atoms with Crippen molar-refractivity contribution in [3.8, 4) is 5.82 Å². The number of hydrazine groups is 1. The van der Waals surface area contributed by atoms with Crippen LogP contribution >= 0.6 is 0 Å². The summed E-state index contributed by atoms with van der Waals surface area (Å²) >= 11 is 0. The van der Waals surface area contributed by atoms with Crippen molar-refractivity contribution >= 4 is 11.8 Å². The minimum absolute atomic E-state index is 0.342. The van der Waals surface area contributed by atoms with E-state index in [1.165, 1.54) is 6.20 Å². The first-order chi connectivity index (χ1) is 11.2. The van der Waals surface area contributed by atoms with Gasteiger partial charge in [-0.2, -0.15) is 5.10 Å². The first kappa shape index (κ1) is 15.2. The molecule has 8 nitrogen and oxygen atoms in total. The minimum atomic E-state index is -0.493. The highest BCUT2D eigenvalue weighted by molar-refractivity contribution is 5.96. The summed E-state index contributed by atoms with van der Waals surface area (Å²) in [4.78, 5) is 28.2. The van der Waals surface area contributed by atoms with E-state index in [-0.39, 0.29) is 5.91 Å². The average molecular weight is 315 g/mol. The number of carbonyl (C=O) groups excluding carboxylic acids is 2. The Morgan fingerprint density at radius 1 is 1.35 bits per heavy atom. The molecule has 1 aliphatic rings. The number of ether oxygens (including phenoxy) is 1. The Morgan fingerprint density at radius 2 is 2.22 bits per heavy atom. The van der Waals surface area contributed by atoms with Gasteiger partial charge in [0.1, 0.15) is 6.10 Å². The van der Waals surface area contributed by atoms with Crippen molar-refractivity contribution < 1.29 is 14.3 Å². The van der Waals surface area contributed by atoms with E-state index >= 15 is 0 Å². The van der Waals surface area contributed by atoms with Crippen LogP contribution in [-0.2, 0) is 9.53 Å². The number of rotatable bonds is 3.